The fourth-order valence-electron chi connectivity index (χ4n) is 7.58. The lowest BCUT2D eigenvalue weighted by Crippen LogP contribution is -2.65. The minimum absolute atomic E-state index is 0.00899. The highest BCUT2D eigenvalue weighted by molar-refractivity contribution is 6.24. The molecule has 0 bridgehead atoms. The molecule has 1 heterocycles. The molecular weight excluding hydrogens is 582 g/mol. The molecule has 0 spiro atoms. The zero-order valence-corrected chi connectivity index (χ0v) is 25.4. The van der Waals surface area contributed by atoms with E-state index in [9.17, 15) is 34.8 Å². The van der Waals surface area contributed by atoms with Crippen molar-refractivity contribution in [3.8, 4) is 22.6 Å². The van der Waals surface area contributed by atoms with Crippen molar-refractivity contribution in [3.63, 3.8) is 0 Å². The number of nitrogens with zero attached hydrogens (tertiary/aromatic N) is 2. The molecule has 1 amide bonds. The molecule has 1 saturated carbocycles. The molecule has 3 aliphatic carbocycles. The van der Waals surface area contributed by atoms with Crippen LogP contribution >= 0.6 is 0 Å². The van der Waals surface area contributed by atoms with Gasteiger partial charge < -0.3 is 35.6 Å². The Balaban J connectivity index is 1.49. The van der Waals surface area contributed by atoms with E-state index in [-0.39, 0.29) is 29.7 Å². The average molecular weight is 620 g/mol. The van der Waals surface area contributed by atoms with Gasteiger partial charge in [0.1, 0.15) is 28.6 Å². The van der Waals surface area contributed by atoms with Gasteiger partial charge in [0.05, 0.1) is 31.9 Å². The number of fused-ring (bicyclic) bond motifs is 3. The highest BCUT2D eigenvalue weighted by Crippen LogP contribution is 2.54. The van der Waals surface area contributed by atoms with Crippen LogP contribution in [0.1, 0.15) is 23.1 Å². The van der Waals surface area contributed by atoms with Gasteiger partial charge in [0.25, 0.3) is 5.91 Å². The van der Waals surface area contributed by atoms with Crippen molar-refractivity contribution in [1.82, 2.24) is 9.80 Å². The molecule has 12 heteroatoms. The van der Waals surface area contributed by atoms with Crippen molar-refractivity contribution >= 4 is 23.2 Å². The standard InChI is InChI=1S/C33H37N3O9/c1-35(2)27-21-14-17-13-20-18(19-12-16(4-7-23(19)44-3)15-36-8-10-45-11-9-36)5-6-22(37)25(20)28(38)24(17)30(40)33(21,43)31(41)26(29(27)39)32(34)42/h4-7,12,17,21,27,37-38,41,43H,8-11,13-15H2,1-3H3,(H2,34,42)/t17-,21-,27-,33-/m0/s1. The molecule has 1 saturated heterocycles. The Morgan fingerprint density at radius 3 is 2.47 bits per heavy atom. The number of ether oxygens (including phenoxy) is 2. The van der Waals surface area contributed by atoms with E-state index in [2.05, 4.69) is 4.90 Å². The number of methoxy groups -OCH3 is 1. The van der Waals surface area contributed by atoms with E-state index in [0.717, 1.165) is 24.2 Å². The molecule has 4 atom stereocenters. The van der Waals surface area contributed by atoms with Crippen LogP contribution in [0.3, 0.4) is 0 Å². The summed E-state index contributed by atoms with van der Waals surface area (Å²) >= 11 is 0. The number of ketones is 2. The Morgan fingerprint density at radius 1 is 1.11 bits per heavy atom. The molecule has 0 radical (unpaired) electrons. The van der Waals surface area contributed by atoms with Crippen LogP contribution in [-0.2, 0) is 32.1 Å². The Hall–Kier alpha value is -4.23. The van der Waals surface area contributed by atoms with Crippen LogP contribution in [-0.4, -0.2) is 107 Å². The summed E-state index contributed by atoms with van der Waals surface area (Å²) < 4.78 is 11.2. The first-order chi connectivity index (χ1) is 21.4. The fourth-order valence-corrected chi connectivity index (χ4v) is 7.58. The topological polar surface area (TPSA) is 183 Å². The number of amides is 1. The van der Waals surface area contributed by atoms with Crippen LogP contribution in [0.15, 0.2) is 47.2 Å². The predicted octanol–water partition coefficient (Wildman–Crippen LogP) is 1.47. The van der Waals surface area contributed by atoms with Crippen molar-refractivity contribution in [2.75, 3.05) is 47.5 Å². The third-order valence-electron chi connectivity index (χ3n) is 9.67. The van der Waals surface area contributed by atoms with Gasteiger partial charge in [-0.2, -0.15) is 0 Å². The Kier molecular flexibility index (Phi) is 7.72. The maximum absolute atomic E-state index is 14.1. The lowest BCUT2D eigenvalue weighted by molar-refractivity contribution is -0.153. The first-order valence-electron chi connectivity index (χ1n) is 14.9. The number of primary amides is 1. The lowest BCUT2D eigenvalue weighted by atomic mass is 9.57. The minimum Gasteiger partial charge on any atom is -0.508 e. The zero-order chi connectivity index (χ0) is 32.4. The molecule has 0 unspecified atom stereocenters. The third-order valence-corrected chi connectivity index (χ3v) is 9.67. The SMILES string of the molecule is COc1ccc(CN2CCOCC2)cc1-c1ccc(O)c2c1C[C@H]1C[C@H]3[C@H](N(C)C)C(=O)C(C(N)=O)=C(O)[C@@]3(O)C(=O)C1=C2O. The molecule has 1 aliphatic heterocycles. The van der Waals surface area contributed by atoms with Crippen molar-refractivity contribution in [3.05, 3.63) is 63.9 Å². The molecule has 12 nitrogen and oxygen atoms in total. The quantitative estimate of drug-likeness (QED) is 0.295. The van der Waals surface area contributed by atoms with Crippen molar-refractivity contribution in [2.45, 2.75) is 31.0 Å². The number of phenolic OH excluding ortho intramolecular Hbond substituents is 1. The summed E-state index contributed by atoms with van der Waals surface area (Å²) in [5.41, 5.74) is 4.74. The van der Waals surface area contributed by atoms with Gasteiger partial charge >= 0.3 is 0 Å². The van der Waals surface area contributed by atoms with Crippen LogP contribution in [0, 0.1) is 11.8 Å². The molecule has 0 aromatic heterocycles. The number of phenols is 1. The van der Waals surface area contributed by atoms with Gasteiger partial charge in [-0.25, -0.2) is 0 Å². The molecule has 6 N–H and O–H groups in total. The lowest BCUT2D eigenvalue weighted by Gasteiger charge is -2.50. The number of morpholine rings is 1. The van der Waals surface area contributed by atoms with Gasteiger partial charge in [0.15, 0.2) is 11.4 Å². The maximum atomic E-state index is 14.1. The maximum Gasteiger partial charge on any atom is 0.255 e. The number of aromatic hydroxyl groups is 1. The largest absolute Gasteiger partial charge is 0.508 e. The molecule has 45 heavy (non-hydrogen) atoms. The zero-order valence-electron chi connectivity index (χ0n) is 25.4. The van der Waals surface area contributed by atoms with Gasteiger partial charge in [-0.3, -0.25) is 24.2 Å². The van der Waals surface area contributed by atoms with Crippen LogP contribution in [0.25, 0.3) is 16.9 Å². The van der Waals surface area contributed by atoms with E-state index >= 15 is 0 Å². The summed E-state index contributed by atoms with van der Waals surface area (Å²) in [4.78, 5) is 43.5. The van der Waals surface area contributed by atoms with Crippen LogP contribution < -0.4 is 10.5 Å². The number of carbonyl (C=O) groups excluding carboxylic acids is 3. The van der Waals surface area contributed by atoms with Gasteiger partial charge in [-0.1, -0.05) is 12.1 Å². The Labute approximate surface area is 259 Å². The van der Waals surface area contributed by atoms with E-state index in [1.165, 1.54) is 11.0 Å². The number of carbonyl (C=O) groups is 3. The summed E-state index contributed by atoms with van der Waals surface area (Å²) in [7, 11) is 4.70. The number of likely N-dealkylation sites (N-methyl/N-ethyl adjacent to an activating group) is 1. The Bertz CT molecular complexity index is 1670. The smallest absolute Gasteiger partial charge is 0.255 e. The summed E-state index contributed by atoms with van der Waals surface area (Å²) in [6, 6.07) is 7.89. The van der Waals surface area contributed by atoms with E-state index in [1.54, 1.807) is 27.3 Å². The number of rotatable bonds is 6. The van der Waals surface area contributed by atoms with E-state index < -0.39 is 58.0 Å². The highest BCUT2D eigenvalue weighted by atomic mass is 16.5. The molecule has 6 rings (SSSR count). The first kappa shape index (κ1) is 30.8. The molecular formula is C33H37N3O9. The number of hydrogen-bond acceptors (Lipinski definition) is 11. The number of benzene rings is 2. The Morgan fingerprint density at radius 2 is 1.82 bits per heavy atom. The van der Waals surface area contributed by atoms with Crippen molar-refractivity contribution < 1.29 is 44.3 Å². The number of aliphatic hydroxyl groups is 3. The van der Waals surface area contributed by atoms with E-state index in [0.29, 0.717) is 36.6 Å². The number of aliphatic hydroxyl groups excluding tert-OH is 2. The monoisotopic (exact) mass is 619 g/mol. The van der Waals surface area contributed by atoms with Crippen LogP contribution in [0.4, 0.5) is 0 Å². The minimum atomic E-state index is -2.69. The summed E-state index contributed by atoms with van der Waals surface area (Å²) in [6.45, 7) is 3.63. The summed E-state index contributed by atoms with van der Waals surface area (Å²) in [6.07, 6.45) is 0.185. The second kappa shape index (κ2) is 11.3. The number of nitrogens with two attached hydrogens (primary N) is 1. The van der Waals surface area contributed by atoms with Crippen molar-refractivity contribution in [1.29, 1.82) is 0 Å². The number of Topliss-reactive ketones (excluding diaryl/α,β-unsaturated/α-hetero) is 2. The van der Waals surface area contributed by atoms with E-state index in [4.69, 9.17) is 15.2 Å². The van der Waals surface area contributed by atoms with E-state index in [1.807, 2.05) is 18.2 Å². The molecule has 4 aliphatic rings. The van der Waals surface area contributed by atoms with Gasteiger partial charge in [-0.05, 0) is 67.7 Å². The molecule has 2 aromatic carbocycles. The second-order valence-electron chi connectivity index (χ2n) is 12.4. The normalized spacial score (nSPS) is 26.9. The van der Waals surface area contributed by atoms with Crippen LogP contribution in [0.2, 0.25) is 0 Å². The number of hydrogen-bond donors (Lipinski definition) is 5. The van der Waals surface area contributed by atoms with Gasteiger partial charge in [-0.15, -0.1) is 0 Å². The van der Waals surface area contributed by atoms with Gasteiger partial charge in [0, 0.05) is 36.7 Å². The predicted molar refractivity (Wildman–Crippen MR) is 162 cm³/mol. The second-order valence-corrected chi connectivity index (χ2v) is 12.4. The fraction of sp³-hybridized carbons (Fsp3) is 0.424. The molecule has 2 fully saturated rings. The summed E-state index contributed by atoms with van der Waals surface area (Å²) in [5.74, 6) is -6.28. The third kappa shape index (κ3) is 4.71. The first-order valence-corrected chi connectivity index (χ1v) is 14.9. The highest BCUT2D eigenvalue weighted by Gasteiger charge is 2.64. The van der Waals surface area contributed by atoms with Gasteiger partial charge in [0.2, 0.25) is 5.78 Å². The van der Waals surface area contributed by atoms with Crippen LogP contribution in [0.5, 0.6) is 11.5 Å². The molecule has 2 aromatic rings. The van der Waals surface area contributed by atoms with Crippen molar-refractivity contribution in [2.24, 2.45) is 17.6 Å². The summed E-state index contributed by atoms with van der Waals surface area (Å²) in [5, 5.41) is 45.5. The molecule has 238 valence electrons. The average Bonchev–Trinajstić information content (AvgIpc) is 2.99.